The Morgan fingerprint density at radius 1 is 1.20 bits per heavy atom. The van der Waals surface area contributed by atoms with E-state index in [2.05, 4.69) is 20.8 Å². The van der Waals surface area contributed by atoms with Crippen LogP contribution in [-0.2, 0) is 0 Å². The molecule has 0 N–H and O–H groups in total. The van der Waals surface area contributed by atoms with Crippen molar-refractivity contribution in [2.24, 2.45) is 0 Å². The summed E-state index contributed by atoms with van der Waals surface area (Å²) in [5.41, 5.74) is 0.932. The second kappa shape index (κ2) is 9.72. The zero-order valence-electron chi connectivity index (χ0n) is 7.31. The highest BCUT2D eigenvalue weighted by Crippen LogP contribution is 2.19. The first-order valence-corrected chi connectivity index (χ1v) is 5.29. The monoisotopic (exact) mass is 182 g/mol. The molecule has 0 aliphatic heterocycles. The molecule has 0 aromatic rings. The van der Waals surface area contributed by atoms with Gasteiger partial charge >= 0.3 is 0 Å². The van der Waals surface area contributed by atoms with Crippen LogP contribution in [-0.4, -0.2) is 11.8 Å². The van der Waals surface area contributed by atoms with Crippen molar-refractivity contribution in [1.82, 2.24) is 0 Å². The number of hydrogen-bond donors (Lipinski definition) is 0. The largest absolute Gasteiger partial charge is 0.147 e. The van der Waals surface area contributed by atoms with Crippen LogP contribution >= 0.6 is 21.0 Å². The molecule has 10 heavy (non-hydrogen) atoms. The molecule has 0 fully saturated rings. The van der Waals surface area contributed by atoms with E-state index < -0.39 is 0 Å². The van der Waals surface area contributed by atoms with Crippen molar-refractivity contribution in [3.63, 3.8) is 0 Å². The lowest BCUT2D eigenvalue weighted by Crippen LogP contribution is -1.85. The van der Waals surface area contributed by atoms with Crippen molar-refractivity contribution in [2.75, 3.05) is 6.16 Å². The second-order valence-electron chi connectivity index (χ2n) is 2.82. The van der Waals surface area contributed by atoms with Crippen molar-refractivity contribution in [1.29, 1.82) is 0 Å². The molecule has 64 valence electrons. The summed E-state index contributed by atoms with van der Waals surface area (Å²) >= 11 is 0. The predicted octanol–water partition coefficient (Wildman–Crippen LogP) is 3.69. The van der Waals surface area contributed by atoms with E-state index in [0.717, 1.165) is 5.66 Å². The van der Waals surface area contributed by atoms with Gasteiger partial charge in [0.05, 0.1) is 0 Å². The molecule has 1 atom stereocenters. The first kappa shape index (κ1) is 13.3. The maximum absolute atomic E-state index is 2.31. The lowest BCUT2D eigenvalue weighted by atomic mass is 10.3. The van der Waals surface area contributed by atoms with E-state index in [1.807, 2.05) is 0 Å². The van der Waals surface area contributed by atoms with Crippen molar-refractivity contribution in [3.8, 4) is 0 Å². The van der Waals surface area contributed by atoms with Crippen molar-refractivity contribution in [3.05, 3.63) is 0 Å². The van der Waals surface area contributed by atoms with Crippen LogP contribution in [0.5, 0.6) is 0 Å². The molecule has 0 amide bonds. The van der Waals surface area contributed by atoms with Crippen LogP contribution in [0.2, 0.25) is 0 Å². The highest BCUT2D eigenvalue weighted by molar-refractivity contribution is 7.38. The van der Waals surface area contributed by atoms with Gasteiger partial charge in [-0.25, -0.2) is 0 Å². The van der Waals surface area contributed by atoms with Crippen LogP contribution in [0.3, 0.4) is 0 Å². The fraction of sp³-hybridized carbons (Fsp3) is 1.00. The first-order valence-electron chi connectivity index (χ1n) is 4.00. The van der Waals surface area contributed by atoms with Crippen LogP contribution in [0, 0.1) is 0 Å². The highest BCUT2D eigenvalue weighted by Gasteiger charge is 1.91. The average molecular weight is 183 g/mol. The topological polar surface area (TPSA) is 0 Å². The fourth-order valence-electron chi connectivity index (χ4n) is 0.766. The van der Waals surface area contributed by atoms with Gasteiger partial charge in [-0.2, -0.15) is 0 Å². The highest BCUT2D eigenvalue weighted by atomic mass is 35.5. The molecule has 0 aliphatic rings. The number of hydrogen-bond acceptors (Lipinski definition) is 0. The van der Waals surface area contributed by atoms with Crippen LogP contribution in [0.25, 0.3) is 0 Å². The van der Waals surface area contributed by atoms with E-state index in [-0.39, 0.29) is 12.4 Å². The zero-order valence-corrected chi connectivity index (χ0v) is 9.13. The lowest BCUT2D eigenvalue weighted by Gasteiger charge is -2.02. The molecule has 2 heteroatoms. The number of rotatable bonds is 5. The summed E-state index contributed by atoms with van der Waals surface area (Å²) in [6.07, 6.45) is 5.71. The summed E-state index contributed by atoms with van der Waals surface area (Å²) in [4.78, 5) is 0. The van der Waals surface area contributed by atoms with Gasteiger partial charge in [0, 0.05) is 0 Å². The van der Waals surface area contributed by atoms with Gasteiger partial charge in [0.15, 0.2) is 0 Å². The van der Waals surface area contributed by atoms with Gasteiger partial charge in [-0.1, -0.05) is 33.6 Å². The summed E-state index contributed by atoms with van der Waals surface area (Å²) in [6, 6.07) is 0. The minimum atomic E-state index is 0. The SMILES string of the molecule is CCCCCPC(C)C.Cl. The van der Waals surface area contributed by atoms with E-state index in [1.165, 1.54) is 34.0 Å². The normalized spacial score (nSPS) is 10.8. The van der Waals surface area contributed by atoms with Gasteiger partial charge in [-0.3, -0.25) is 0 Å². The Morgan fingerprint density at radius 3 is 2.20 bits per heavy atom. The molecule has 0 heterocycles. The van der Waals surface area contributed by atoms with Gasteiger partial charge in [0.25, 0.3) is 0 Å². The minimum absolute atomic E-state index is 0. The molecular formula is C8H20ClP. The van der Waals surface area contributed by atoms with Crippen LogP contribution < -0.4 is 0 Å². The standard InChI is InChI=1S/C8H19P.ClH/c1-4-5-6-7-9-8(2)3;/h8-9H,4-7H2,1-3H3;1H. The lowest BCUT2D eigenvalue weighted by molar-refractivity contribution is 0.775. The Labute approximate surface area is 73.4 Å². The Hall–Kier alpha value is 0.720. The van der Waals surface area contributed by atoms with Gasteiger partial charge in [-0.15, -0.1) is 21.0 Å². The third-order valence-electron chi connectivity index (χ3n) is 1.33. The van der Waals surface area contributed by atoms with Crippen LogP contribution in [0.1, 0.15) is 40.0 Å². The molecule has 0 spiro atoms. The minimum Gasteiger partial charge on any atom is -0.147 e. The van der Waals surface area contributed by atoms with Gasteiger partial charge in [0.2, 0.25) is 0 Å². The van der Waals surface area contributed by atoms with Crippen molar-refractivity contribution in [2.45, 2.75) is 45.7 Å². The summed E-state index contributed by atoms with van der Waals surface area (Å²) in [6.45, 7) is 6.88. The van der Waals surface area contributed by atoms with E-state index in [4.69, 9.17) is 0 Å². The third kappa shape index (κ3) is 11.5. The van der Waals surface area contributed by atoms with E-state index in [9.17, 15) is 0 Å². The molecule has 0 nitrogen and oxygen atoms in total. The molecule has 0 radical (unpaired) electrons. The predicted molar refractivity (Wildman–Crippen MR) is 55.1 cm³/mol. The third-order valence-corrected chi connectivity index (χ3v) is 2.79. The molecule has 0 saturated heterocycles. The Morgan fingerprint density at radius 2 is 1.80 bits per heavy atom. The zero-order chi connectivity index (χ0) is 7.11. The Kier molecular flexibility index (Phi) is 12.9. The second-order valence-corrected chi connectivity index (χ2v) is 4.88. The number of unbranched alkanes of at least 4 members (excludes halogenated alkanes) is 2. The van der Waals surface area contributed by atoms with Gasteiger partial charge in [-0.05, 0) is 18.2 Å². The average Bonchev–Trinajstić information content (AvgIpc) is 1.80. The Bertz CT molecular complexity index is 55.2. The van der Waals surface area contributed by atoms with Crippen molar-refractivity contribution < 1.29 is 0 Å². The van der Waals surface area contributed by atoms with E-state index in [1.54, 1.807) is 0 Å². The summed E-state index contributed by atoms with van der Waals surface area (Å²) in [7, 11) is 1.20. The van der Waals surface area contributed by atoms with Gasteiger partial charge < -0.3 is 0 Å². The van der Waals surface area contributed by atoms with Gasteiger partial charge in [0.1, 0.15) is 0 Å². The summed E-state index contributed by atoms with van der Waals surface area (Å²) in [5, 5.41) is 0. The number of halogens is 1. The van der Waals surface area contributed by atoms with E-state index >= 15 is 0 Å². The smallest absolute Gasteiger partial charge is 0.0294 e. The maximum atomic E-state index is 2.31. The quantitative estimate of drug-likeness (QED) is 0.450. The van der Waals surface area contributed by atoms with Crippen LogP contribution in [0.4, 0.5) is 0 Å². The molecule has 0 rings (SSSR count). The Balaban J connectivity index is 0. The summed E-state index contributed by atoms with van der Waals surface area (Å²) in [5.74, 6) is 0. The molecular weight excluding hydrogens is 163 g/mol. The molecule has 0 aromatic heterocycles. The first-order chi connectivity index (χ1) is 4.27. The molecule has 0 bridgehead atoms. The summed E-state index contributed by atoms with van der Waals surface area (Å²) < 4.78 is 0. The van der Waals surface area contributed by atoms with Crippen molar-refractivity contribution >= 4 is 21.0 Å². The fourth-order valence-corrected chi connectivity index (χ4v) is 1.80. The molecule has 0 saturated carbocycles. The van der Waals surface area contributed by atoms with E-state index in [0.29, 0.717) is 0 Å². The molecule has 0 aliphatic carbocycles. The maximum Gasteiger partial charge on any atom is -0.0294 e. The van der Waals surface area contributed by atoms with Crippen LogP contribution in [0.15, 0.2) is 0 Å². The molecule has 1 unspecified atom stereocenters. The molecule has 0 aromatic carbocycles.